The normalized spacial score (nSPS) is 17.5. The topological polar surface area (TPSA) is 57.5 Å². The number of hydrogen-bond acceptors (Lipinski definition) is 3. The Labute approximate surface area is 179 Å². The lowest BCUT2D eigenvalue weighted by atomic mass is 10.2. The molecule has 1 unspecified atom stereocenters. The molecule has 0 bridgehead atoms. The van der Waals surface area contributed by atoms with E-state index in [9.17, 15) is 0 Å². The third-order valence-corrected chi connectivity index (χ3v) is 4.87. The number of hydrogen-bond donors (Lipinski definition) is 2. The quantitative estimate of drug-likeness (QED) is 0.263. The van der Waals surface area contributed by atoms with Gasteiger partial charge in [-0.15, -0.1) is 24.0 Å². The van der Waals surface area contributed by atoms with Crippen LogP contribution in [0.3, 0.4) is 0 Å². The number of benzene rings is 1. The summed E-state index contributed by atoms with van der Waals surface area (Å²) in [6, 6.07) is 13.3. The SMILES string of the molecule is CN=C(NCCCn1cccn1)NCC1CCCN1Cc1ccccc1.I. The van der Waals surface area contributed by atoms with Crippen molar-refractivity contribution in [3.8, 4) is 0 Å². The Hall–Kier alpha value is -1.61. The van der Waals surface area contributed by atoms with Gasteiger partial charge in [0.2, 0.25) is 0 Å². The Balaban J connectivity index is 0.00000261. The average molecular weight is 482 g/mol. The number of aliphatic imine (C=N–C) groups is 1. The minimum absolute atomic E-state index is 0. The number of nitrogens with zero attached hydrogens (tertiary/aromatic N) is 4. The van der Waals surface area contributed by atoms with Crippen molar-refractivity contribution in [1.29, 1.82) is 0 Å². The van der Waals surface area contributed by atoms with Crippen LogP contribution in [0.5, 0.6) is 0 Å². The molecule has 2 N–H and O–H groups in total. The van der Waals surface area contributed by atoms with Crippen LogP contribution in [0.1, 0.15) is 24.8 Å². The number of rotatable bonds is 8. The molecular weight excluding hydrogens is 451 g/mol. The van der Waals surface area contributed by atoms with Crippen molar-refractivity contribution in [2.75, 3.05) is 26.7 Å². The first-order valence-electron chi connectivity index (χ1n) is 9.55. The van der Waals surface area contributed by atoms with Crippen LogP contribution in [0.4, 0.5) is 0 Å². The highest BCUT2D eigenvalue weighted by Crippen LogP contribution is 2.19. The van der Waals surface area contributed by atoms with E-state index >= 15 is 0 Å². The van der Waals surface area contributed by atoms with E-state index in [1.54, 1.807) is 0 Å². The minimum atomic E-state index is 0. The number of aryl methyl sites for hydroxylation is 1. The van der Waals surface area contributed by atoms with E-state index in [0.717, 1.165) is 38.6 Å². The van der Waals surface area contributed by atoms with Gasteiger partial charge in [-0.1, -0.05) is 30.3 Å². The van der Waals surface area contributed by atoms with E-state index in [4.69, 9.17) is 0 Å². The summed E-state index contributed by atoms with van der Waals surface area (Å²) in [7, 11) is 1.83. The summed E-state index contributed by atoms with van der Waals surface area (Å²) in [6.45, 7) is 4.95. The van der Waals surface area contributed by atoms with E-state index in [1.807, 2.05) is 30.2 Å². The molecule has 2 heterocycles. The molecule has 1 aromatic heterocycles. The molecule has 7 heteroatoms. The summed E-state index contributed by atoms with van der Waals surface area (Å²) < 4.78 is 1.96. The van der Waals surface area contributed by atoms with Crippen molar-refractivity contribution in [2.24, 2.45) is 4.99 Å². The molecule has 27 heavy (non-hydrogen) atoms. The molecule has 3 rings (SSSR count). The first-order chi connectivity index (χ1) is 12.8. The zero-order valence-corrected chi connectivity index (χ0v) is 18.4. The van der Waals surface area contributed by atoms with Crippen LogP contribution in [0.2, 0.25) is 0 Å². The van der Waals surface area contributed by atoms with Gasteiger partial charge in [-0.2, -0.15) is 5.10 Å². The van der Waals surface area contributed by atoms with Crippen LogP contribution >= 0.6 is 24.0 Å². The summed E-state index contributed by atoms with van der Waals surface area (Å²) in [5.74, 6) is 0.886. The first-order valence-corrected chi connectivity index (χ1v) is 9.55. The predicted octanol–water partition coefficient (Wildman–Crippen LogP) is 2.72. The highest BCUT2D eigenvalue weighted by Gasteiger charge is 2.24. The maximum Gasteiger partial charge on any atom is 0.191 e. The molecule has 1 fully saturated rings. The third kappa shape index (κ3) is 7.14. The Morgan fingerprint density at radius 1 is 1.22 bits per heavy atom. The molecule has 0 spiro atoms. The molecule has 1 saturated heterocycles. The lowest BCUT2D eigenvalue weighted by Crippen LogP contribution is -2.45. The van der Waals surface area contributed by atoms with Crippen LogP contribution in [0.25, 0.3) is 0 Å². The molecule has 1 aliphatic heterocycles. The Morgan fingerprint density at radius 3 is 2.81 bits per heavy atom. The fourth-order valence-electron chi connectivity index (χ4n) is 3.47. The van der Waals surface area contributed by atoms with E-state index in [2.05, 4.69) is 56.0 Å². The molecule has 2 aromatic rings. The van der Waals surface area contributed by atoms with Crippen LogP contribution < -0.4 is 10.6 Å². The number of aromatic nitrogens is 2. The highest BCUT2D eigenvalue weighted by molar-refractivity contribution is 14.0. The van der Waals surface area contributed by atoms with Gasteiger partial charge in [0.1, 0.15) is 0 Å². The Kier molecular flexibility index (Phi) is 9.61. The van der Waals surface area contributed by atoms with Crippen LogP contribution in [-0.4, -0.2) is 53.4 Å². The smallest absolute Gasteiger partial charge is 0.191 e. The van der Waals surface area contributed by atoms with Gasteiger partial charge >= 0.3 is 0 Å². The second-order valence-corrected chi connectivity index (χ2v) is 6.75. The fourth-order valence-corrected chi connectivity index (χ4v) is 3.47. The van der Waals surface area contributed by atoms with Crippen molar-refractivity contribution in [3.05, 3.63) is 54.4 Å². The van der Waals surface area contributed by atoms with Crippen molar-refractivity contribution in [3.63, 3.8) is 0 Å². The summed E-state index contributed by atoms with van der Waals surface area (Å²) in [5, 5.41) is 11.1. The summed E-state index contributed by atoms with van der Waals surface area (Å²) in [4.78, 5) is 6.92. The van der Waals surface area contributed by atoms with Crippen LogP contribution in [0.15, 0.2) is 53.8 Å². The van der Waals surface area contributed by atoms with Gasteiger partial charge in [0.05, 0.1) is 0 Å². The van der Waals surface area contributed by atoms with E-state index in [0.29, 0.717) is 6.04 Å². The van der Waals surface area contributed by atoms with Gasteiger partial charge in [-0.25, -0.2) is 0 Å². The van der Waals surface area contributed by atoms with Crippen molar-refractivity contribution in [2.45, 2.75) is 38.4 Å². The van der Waals surface area contributed by atoms with E-state index < -0.39 is 0 Å². The first kappa shape index (κ1) is 21.7. The maximum atomic E-state index is 4.35. The highest BCUT2D eigenvalue weighted by atomic mass is 127. The molecule has 0 saturated carbocycles. The molecule has 1 aromatic carbocycles. The van der Waals surface area contributed by atoms with Gasteiger partial charge in [0, 0.05) is 51.7 Å². The Bertz CT molecular complexity index is 658. The summed E-state index contributed by atoms with van der Waals surface area (Å²) >= 11 is 0. The number of halogens is 1. The standard InChI is InChI=1S/C20H30N6.HI/c1-21-20(22-11-6-14-26-15-7-12-24-26)23-16-19-10-5-13-25(19)17-18-8-3-2-4-9-18;/h2-4,7-9,12,15,19H,5-6,10-11,13-14,16-17H2,1H3,(H2,21,22,23);1H. The predicted molar refractivity (Wildman–Crippen MR) is 121 cm³/mol. The molecular formula is C20H31IN6. The Morgan fingerprint density at radius 2 is 2.07 bits per heavy atom. The van der Waals surface area contributed by atoms with Crippen molar-refractivity contribution < 1.29 is 0 Å². The van der Waals surface area contributed by atoms with Gasteiger partial charge in [0.25, 0.3) is 0 Å². The van der Waals surface area contributed by atoms with E-state index in [1.165, 1.54) is 24.9 Å². The second-order valence-electron chi connectivity index (χ2n) is 6.75. The molecule has 148 valence electrons. The van der Waals surface area contributed by atoms with Crippen molar-refractivity contribution >= 4 is 29.9 Å². The summed E-state index contributed by atoms with van der Waals surface area (Å²) in [6.07, 6.45) is 7.35. The number of guanidine groups is 1. The minimum Gasteiger partial charge on any atom is -0.356 e. The zero-order valence-electron chi connectivity index (χ0n) is 16.1. The molecule has 1 atom stereocenters. The lowest BCUT2D eigenvalue weighted by molar-refractivity contribution is 0.245. The van der Waals surface area contributed by atoms with Gasteiger partial charge < -0.3 is 10.6 Å². The second kappa shape index (κ2) is 12.0. The molecule has 1 aliphatic rings. The lowest BCUT2D eigenvalue weighted by Gasteiger charge is -2.25. The molecule has 6 nitrogen and oxygen atoms in total. The number of nitrogens with one attached hydrogen (secondary N) is 2. The monoisotopic (exact) mass is 482 g/mol. The fraction of sp³-hybridized carbons (Fsp3) is 0.500. The van der Waals surface area contributed by atoms with Crippen molar-refractivity contribution in [1.82, 2.24) is 25.3 Å². The molecule has 0 radical (unpaired) electrons. The third-order valence-electron chi connectivity index (χ3n) is 4.87. The number of likely N-dealkylation sites (tertiary alicyclic amines) is 1. The zero-order chi connectivity index (χ0) is 18.0. The van der Waals surface area contributed by atoms with Gasteiger partial charge in [0.15, 0.2) is 5.96 Å². The van der Waals surface area contributed by atoms with Crippen LogP contribution in [-0.2, 0) is 13.1 Å². The molecule has 0 amide bonds. The van der Waals surface area contributed by atoms with E-state index in [-0.39, 0.29) is 24.0 Å². The largest absolute Gasteiger partial charge is 0.356 e. The summed E-state index contributed by atoms with van der Waals surface area (Å²) in [5.41, 5.74) is 1.39. The average Bonchev–Trinajstić information content (AvgIpc) is 3.34. The van der Waals surface area contributed by atoms with Gasteiger partial charge in [-0.05, 0) is 37.4 Å². The molecule has 0 aliphatic carbocycles. The van der Waals surface area contributed by atoms with Crippen LogP contribution in [0, 0.1) is 0 Å². The maximum absolute atomic E-state index is 4.35. The van der Waals surface area contributed by atoms with Gasteiger partial charge in [-0.3, -0.25) is 14.6 Å².